The van der Waals surface area contributed by atoms with Crippen molar-refractivity contribution in [3.63, 3.8) is 0 Å². The summed E-state index contributed by atoms with van der Waals surface area (Å²) in [7, 11) is 3.48. The van der Waals surface area contributed by atoms with Crippen LogP contribution in [-0.2, 0) is 6.42 Å². The molecule has 2 aromatic heterocycles. The van der Waals surface area contributed by atoms with Crippen molar-refractivity contribution < 1.29 is 18.7 Å². The minimum absolute atomic E-state index is 0.0125. The maximum Gasteiger partial charge on any atom is 0.289 e. The number of para-hydroxylation sites is 2. The second kappa shape index (κ2) is 10.8. The van der Waals surface area contributed by atoms with Crippen LogP contribution in [-0.4, -0.2) is 59.9 Å². The highest BCUT2D eigenvalue weighted by Crippen LogP contribution is 2.32. The number of fused-ring (bicyclic) bond motifs is 1. The minimum Gasteiger partial charge on any atom is -0.496 e. The van der Waals surface area contributed by atoms with Gasteiger partial charge in [0.2, 0.25) is 0 Å². The Morgan fingerprint density at radius 1 is 1.16 bits per heavy atom. The molecule has 192 valence electrons. The predicted octanol–water partition coefficient (Wildman–Crippen LogP) is 5.62. The predicted molar refractivity (Wildman–Crippen MR) is 144 cm³/mol. The quantitative estimate of drug-likeness (QED) is 0.318. The summed E-state index contributed by atoms with van der Waals surface area (Å²) in [5, 5.41) is 3.75. The first-order chi connectivity index (χ1) is 17.9. The van der Waals surface area contributed by atoms with Crippen LogP contribution in [0.2, 0.25) is 0 Å². The molecular weight excluding hydrogens is 486 g/mol. The van der Waals surface area contributed by atoms with Crippen LogP contribution in [0.25, 0.3) is 11.0 Å². The normalized spacial score (nSPS) is 15.1. The van der Waals surface area contributed by atoms with E-state index in [0.29, 0.717) is 31.0 Å². The van der Waals surface area contributed by atoms with Gasteiger partial charge < -0.3 is 19.0 Å². The number of piperidine rings is 1. The third-order valence-corrected chi connectivity index (χ3v) is 8.21. The lowest BCUT2D eigenvalue weighted by Gasteiger charge is -2.30. The van der Waals surface area contributed by atoms with Crippen LogP contribution in [0.15, 0.2) is 64.4 Å². The van der Waals surface area contributed by atoms with Crippen LogP contribution in [0.5, 0.6) is 5.75 Å². The number of hydrogen-bond donors (Lipinski definition) is 0. The molecule has 1 unspecified atom stereocenters. The van der Waals surface area contributed by atoms with E-state index in [2.05, 4.69) is 0 Å². The zero-order chi connectivity index (χ0) is 25.9. The van der Waals surface area contributed by atoms with Crippen LogP contribution in [0, 0.1) is 0 Å². The number of likely N-dealkylation sites (tertiary alicyclic amines) is 1. The third kappa shape index (κ3) is 5.25. The van der Waals surface area contributed by atoms with Gasteiger partial charge in [0.25, 0.3) is 11.8 Å². The van der Waals surface area contributed by atoms with Gasteiger partial charge in [-0.1, -0.05) is 36.4 Å². The molecule has 37 heavy (non-hydrogen) atoms. The van der Waals surface area contributed by atoms with Crippen LogP contribution in [0.4, 0.5) is 0 Å². The number of ether oxygens (including phenoxy) is 1. The van der Waals surface area contributed by atoms with Gasteiger partial charge in [-0.15, -0.1) is 11.3 Å². The van der Waals surface area contributed by atoms with Gasteiger partial charge in [0.05, 0.1) is 12.1 Å². The molecule has 2 aromatic carbocycles. The highest BCUT2D eigenvalue weighted by molar-refractivity contribution is 7.09. The van der Waals surface area contributed by atoms with Gasteiger partial charge in [-0.3, -0.25) is 9.59 Å². The van der Waals surface area contributed by atoms with Gasteiger partial charge in [0.15, 0.2) is 5.76 Å². The minimum atomic E-state index is -0.0811. The van der Waals surface area contributed by atoms with Crippen LogP contribution in [0.1, 0.15) is 57.3 Å². The number of nitrogens with zero attached hydrogens (tertiary/aromatic N) is 3. The number of thiazole rings is 1. The molecule has 1 aliphatic heterocycles. The Morgan fingerprint density at radius 2 is 1.89 bits per heavy atom. The van der Waals surface area contributed by atoms with Gasteiger partial charge in [-0.2, -0.15) is 0 Å². The molecule has 1 fully saturated rings. The fraction of sp³-hybridized carbons (Fsp3) is 0.345. The molecule has 1 atom stereocenters. The smallest absolute Gasteiger partial charge is 0.289 e. The number of rotatable bonds is 7. The molecule has 0 aliphatic carbocycles. The second-order valence-corrected chi connectivity index (χ2v) is 10.5. The van der Waals surface area contributed by atoms with E-state index in [9.17, 15) is 9.59 Å². The Balaban J connectivity index is 1.18. The number of benzene rings is 2. The van der Waals surface area contributed by atoms with Crippen LogP contribution < -0.4 is 4.74 Å². The number of aromatic nitrogens is 1. The summed E-state index contributed by atoms with van der Waals surface area (Å²) in [6.07, 6.45) is 2.32. The van der Waals surface area contributed by atoms with Crippen molar-refractivity contribution in [1.29, 1.82) is 0 Å². The molecule has 1 saturated heterocycles. The van der Waals surface area contributed by atoms with Crippen LogP contribution >= 0.6 is 11.3 Å². The monoisotopic (exact) mass is 517 g/mol. The van der Waals surface area contributed by atoms with Crippen molar-refractivity contribution in [2.75, 3.05) is 27.2 Å². The number of carbonyl (C=O) groups is 2. The maximum atomic E-state index is 13.2. The molecule has 0 N–H and O–H groups in total. The molecule has 0 bridgehead atoms. The van der Waals surface area contributed by atoms with E-state index in [1.807, 2.05) is 78.8 Å². The van der Waals surface area contributed by atoms with E-state index in [1.165, 1.54) is 11.3 Å². The second-order valence-electron chi connectivity index (χ2n) is 9.57. The number of carbonyl (C=O) groups excluding carboxylic acids is 2. The lowest BCUT2D eigenvalue weighted by atomic mass is 9.97. The highest BCUT2D eigenvalue weighted by atomic mass is 32.1. The average molecular weight is 518 g/mol. The van der Waals surface area contributed by atoms with Crippen LogP contribution in [0.3, 0.4) is 0 Å². The number of amides is 2. The third-order valence-electron chi connectivity index (χ3n) is 7.20. The van der Waals surface area contributed by atoms with Gasteiger partial charge in [-0.05, 0) is 49.9 Å². The van der Waals surface area contributed by atoms with E-state index in [4.69, 9.17) is 14.1 Å². The maximum absolute atomic E-state index is 13.2. The molecule has 2 amide bonds. The fourth-order valence-electron chi connectivity index (χ4n) is 4.85. The molecule has 7 nitrogen and oxygen atoms in total. The zero-order valence-electron chi connectivity index (χ0n) is 21.3. The summed E-state index contributed by atoms with van der Waals surface area (Å²) in [5.41, 5.74) is 2.28. The SMILES string of the molecule is COc1ccccc1CC(C)N(C)C(=O)c1csc(C2CCN(C(=O)c3cc4ccccc4o3)CC2)n1. The fourth-order valence-corrected chi connectivity index (χ4v) is 5.82. The van der Waals surface area contributed by atoms with Crippen molar-refractivity contribution in [1.82, 2.24) is 14.8 Å². The Labute approximate surface area is 220 Å². The molecule has 0 radical (unpaired) electrons. The molecular formula is C29H31N3O4S. The molecule has 0 saturated carbocycles. The summed E-state index contributed by atoms with van der Waals surface area (Å²) < 4.78 is 11.2. The first-order valence-corrected chi connectivity index (χ1v) is 13.4. The lowest BCUT2D eigenvalue weighted by molar-refractivity contribution is 0.0683. The summed E-state index contributed by atoms with van der Waals surface area (Å²) in [5.74, 6) is 1.30. The van der Waals surface area contributed by atoms with Gasteiger partial charge in [0.1, 0.15) is 17.0 Å². The topological polar surface area (TPSA) is 75.9 Å². The number of methoxy groups -OCH3 is 1. The standard InChI is InChI=1S/C29H31N3O4S/c1-19(16-21-8-4-6-10-24(21)35-3)31(2)28(33)23-18-37-27(30-23)20-12-14-32(15-13-20)29(34)26-17-22-9-5-7-11-25(22)36-26/h4-11,17-20H,12-16H2,1-3H3. The van der Waals surface area contributed by atoms with Crippen molar-refractivity contribution in [2.45, 2.75) is 38.1 Å². The largest absolute Gasteiger partial charge is 0.496 e. The number of furan rings is 1. The number of likely N-dealkylation sites (N-methyl/N-ethyl adjacent to an activating group) is 1. The lowest BCUT2D eigenvalue weighted by Crippen LogP contribution is -2.38. The Kier molecular flexibility index (Phi) is 7.28. The van der Waals surface area contributed by atoms with Crippen molar-refractivity contribution >= 4 is 34.1 Å². The number of hydrogen-bond acceptors (Lipinski definition) is 6. The molecule has 3 heterocycles. The summed E-state index contributed by atoms with van der Waals surface area (Å²) >= 11 is 1.53. The van der Waals surface area contributed by atoms with E-state index in [-0.39, 0.29) is 23.8 Å². The van der Waals surface area contributed by atoms with Gasteiger partial charge >= 0.3 is 0 Å². The summed E-state index contributed by atoms with van der Waals surface area (Å²) in [6.45, 7) is 3.31. The van der Waals surface area contributed by atoms with E-state index >= 15 is 0 Å². The molecule has 0 spiro atoms. The highest BCUT2D eigenvalue weighted by Gasteiger charge is 2.29. The summed E-state index contributed by atoms with van der Waals surface area (Å²) in [6, 6.07) is 17.3. The Bertz CT molecular complexity index is 1370. The first-order valence-electron chi connectivity index (χ1n) is 12.6. The van der Waals surface area contributed by atoms with Crippen molar-refractivity contribution in [2.24, 2.45) is 0 Å². The zero-order valence-corrected chi connectivity index (χ0v) is 22.2. The Morgan fingerprint density at radius 3 is 2.65 bits per heavy atom. The van der Waals surface area contributed by atoms with Crippen molar-refractivity contribution in [3.05, 3.63) is 82.0 Å². The molecule has 4 aromatic rings. The first kappa shape index (κ1) is 25.0. The van der Waals surface area contributed by atoms with Gasteiger partial charge in [-0.25, -0.2) is 4.98 Å². The molecule has 5 rings (SSSR count). The van der Waals surface area contributed by atoms with E-state index in [0.717, 1.165) is 40.1 Å². The van der Waals surface area contributed by atoms with Gasteiger partial charge in [0, 0.05) is 42.9 Å². The Hall–Kier alpha value is -3.65. The molecule has 8 heteroatoms. The van der Waals surface area contributed by atoms with E-state index in [1.54, 1.807) is 12.0 Å². The van der Waals surface area contributed by atoms with Crippen molar-refractivity contribution in [3.8, 4) is 5.75 Å². The average Bonchev–Trinajstić information content (AvgIpc) is 3.60. The summed E-state index contributed by atoms with van der Waals surface area (Å²) in [4.78, 5) is 34.5. The molecule has 1 aliphatic rings. The van der Waals surface area contributed by atoms with E-state index < -0.39 is 0 Å².